The van der Waals surface area contributed by atoms with Gasteiger partial charge in [-0.3, -0.25) is 9.69 Å². The van der Waals surface area contributed by atoms with Crippen LogP contribution in [0, 0.1) is 20.8 Å². The van der Waals surface area contributed by atoms with E-state index >= 15 is 0 Å². The van der Waals surface area contributed by atoms with E-state index in [9.17, 15) is 4.79 Å². The summed E-state index contributed by atoms with van der Waals surface area (Å²) < 4.78 is 2.06. The van der Waals surface area contributed by atoms with Gasteiger partial charge in [-0.15, -0.1) is 11.3 Å². The minimum atomic E-state index is 0.177. The van der Waals surface area contributed by atoms with Crippen LogP contribution in [0.5, 0.6) is 0 Å². The summed E-state index contributed by atoms with van der Waals surface area (Å²) in [4.78, 5) is 19.9. The Kier molecular flexibility index (Phi) is 4.40. The van der Waals surface area contributed by atoms with Gasteiger partial charge in [0.25, 0.3) is 0 Å². The van der Waals surface area contributed by atoms with Gasteiger partial charge in [-0.2, -0.15) is 0 Å². The largest absolute Gasteiger partial charge is 0.351 e. The van der Waals surface area contributed by atoms with Gasteiger partial charge in [0.15, 0.2) is 5.78 Å². The highest BCUT2D eigenvalue weighted by atomic mass is 32.1. The fourth-order valence-corrected chi connectivity index (χ4v) is 3.10. The number of ketones is 1. The fraction of sp³-hybridized carbons (Fsp3) is 0.467. The van der Waals surface area contributed by atoms with Crippen molar-refractivity contribution < 1.29 is 4.79 Å². The van der Waals surface area contributed by atoms with Crippen LogP contribution in [0.3, 0.4) is 0 Å². The van der Waals surface area contributed by atoms with E-state index in [-0.39, 0.29) is 5.78 Å². The number of rotatable bonds is 5. The molecule has 0 amide bonds. The van der Waals surface area contributed by atoms with Gasteiger partial charge in [0, 0.05) is 35.4 Å². The van der Waals surface area contributed by atoms with Crippen molar-refractivity contribution in [3.8, 4) is 0 Å². The summed E-state index contributed by atoms with van der Waals surface area (Å²) in [5.74, 6) is 0.177. The van der Waals surface area contributed by atoms with Crippen molar-refractivity contribution in [1.29, 1.82) is 0 Å². The average Bonchev–Trinajstić information content (AvgIpc) is 2.89. The van der Waals surface area contributed by atoms with E-state index in [0.717, 1.165) is 29.2 Å². The second-order valence-corrected chi connectivity index (χ2v) is 6.24. The normalized spacial score (nSPS) is 11.3. The molecule has 2 aromatic heterocycles. The second-order valence-electron chi connectivity index (χ2n) is 5.30. The molecule has 0 aromatic carbocycles. The van der Waals surface area contributed by atoms with Gasteiger partial charge in [0.2, 0.25) is 0 Å². The Bertz CT molecular complexity index is 627. The van der Waals surface area contributed by atoms with Gasteiger partial charge in [-0.05, 0) is 33.9 Å². The van der Waals surface area contributed by atoms with Crippen LogP contribution >= 0.6 is 11.3 Å². The van der Waals surface area contributed by atoms with Crippen LogP contribution in [0.1, 0.15) is 32.3 Å². The number of Topliss-reactive ketones (excluding diaryl/α,β-unsaturated/α-hetero) is 1. The third kappa shape index (κ3) is 2.99. The molecule has 0 saturated heterocycles. The molecule has 0 saturated carbocycles. The highest BCUT2D eigenvalue weighted by Gasteiger charge is 2.16. The summed E-state index contributed by atoms with van der Waals surface area (Å²) in [7, 11) is 3.97. The molecule has 20 heavy (non-hydrogen) atoms. The number of nitrogens with zero attached hydrogens (tertiary/aromatic N) is 3. The SMILES string of the molecule is Cc1ncsc1CN(C)CC(=O)c1cc(C)n(C)c1C. The lowest BCUT2D eigenvalue weighted by molar-refractivity contribution is 0.0942. The highest BCUT2D eigenvalue weighted by molar-refractivity contribution is 7.09. The van der Waals surface area contributed by atoms with Crippen LogP contribution in [0.4, 0.5) is 0 Å². The van der Waals surface area contributed by atoms with Crippen molar-refractivity contribution >= 4 is 17.1 Å². The lowest BCUT2D eigenvalue weighted by Crippen LogP contribution is -2.25. The molecule has 0 spiro atoms. The predicted octanol–water partition coefficient (Wildman–Crippen LogP) is 2.72. The van der Waals surface area contributed by atoms with Crippen molar-refractivity contribution in [3.05, 3.63) is 39.1 Å². The van der Waals surface area contributed by atoms with Crippen LogP contribution in [0.2, 0.25) is 0 Å². The molecule has 4 nitrogen and oxygen atoms in total. The molecule has 0 aliphatic rings. The van der Waals surface area contributed by atoms with E-state index in [1.54, 1.807) is 11.3 Å². The molecule has 0 radical (unpaired) electrons. The first kappa shape index (κ1) is 14.9. The lowest BCUT2D eigenvalue weighted by atomic mass is 10.1. The summed E-state index contributed by atoms with van der Waals surface area (Å²) >= 11 is 1.64. The van der Waals surface area contributed by atoms with Crippen LogP contribution in [-0.2, 0) is 13.6 Å². The maximum atomic E-state index is 12.4. The first-order valence-corrected chi connectivity index (χ1v) is 7.51. The molecule has 108 valence electrons. The van der Waals surface area contributed by atoms with Crippen LogP contribution in [-0.4, -0.2) is 33.8 Å². The standard InChI is InChI=1S/C15H21N3OS/c1-10-6-13(12(3)18(10)5)14(19)7-17(4)8-15-11(2)16-9-20-15/h6,9H,7-8H2,1-5H3. The van der Waals surface area contributed by atoms with Crippen molar-refractivity contribution in [3.63, 3.8) is 0 Å². The molecular weight excluding hydrogens is 270 g/mol. The Morgan fingerprint density at radius 2 is 2.10 bits per heavy atom. The van der Waals surface area contributed by atoms with Crippen LogP contribution in [0.25, 0.3) is 0 Å². The molecule has 2 heterocycles. The molecule has 0 fully saturated rings. The van der Waals surface area contributed by atoms with Crippen LogP contribution in [0.15, 0.2) is 11.6 Å². The van der Waals surface area contributed by atoms with Crippen molar-refractivity contribution in [1.82, 2.24) is 14.5 Å². The summed E-state index contributed by atoms with van der Waals surface area (Å²) in [6.45, 7) is 7.22. The number of aromatic nitrogens is 2. The Balaban J connectivity index is 2.04. The zero-order chi connectivity index (χ0) is 14.9. The third-order valence-corrected chi connectivity index (χ3v) is 4.67. The van der Waals surface area contributed by atoms with Crippen molar-refractivity contribution in [2.45, 2.75) is 27.3 Å². The zero-order valence-corrected chi connectivity index (χ0v) is 13.5. The van der Waals surface area contributed by atoms with Gasteiger partial charge in [0.05, 0.1) is 17.7 Å². The Morgan fingerprint density at radius 3 is 2.60 bits per heavy atom. The topological polar surface area (TPSA) is 38.1 Å². The maximum Gasteiger partial charge on any atom is 0.178 e. The van der Waals surface area contributed by atoms with Gasteiger partial charge < -0.3 is 4.57 Å². The molecule has 0 N–H and O–H groups in total. The molecule has 0 aliphatic heterocycles. The quantitative estimate of drug-likeness (QED) is 0.795. The summed E-state index contributed by atoms with van der Waals surface area (Å²) in [6.07, 6.45) is 0. The van der Waals surface area contributed by atoms with Crippen molar-refractivity contribution in [2.75, 3.05) is 13.6 Å². The number of hydrogen-bond acceptors (Lipinski definition) is 4. The number of aryl methyl sites for hydroxylation is 2. The molecule has 2 rings (SSSR count). The monoisotopic (exact) mass is 291 g/mol. The van der Waals surface area contributed by atoms with Gasteiger partial charge in [-0.1, -0.05) is 0 Å². The van der Waals surface area contributed by atoms with Crippen molar-refractivity contribution in [2.24, 2.45) is 7.05 Å². The minimum Gasteiger partial charge on any atom is -0.351 e. The van der Waals surface area contributed by atoms with E-state index < -0.39 is 0 Å². The number of carbonyl (C=O) groups is 1. The second kappa shape index (κ2) is 5.89. The molecule has 0 bridgehead atoms. The Hall–Kier alpha value is -1.46. The molecule has 0 unspecified atom stereocenters. The van der Waals surface area contributed by atoms with E-state index in [4.69, 9.17) is 0 Å². The smallest absolute Gasteiger partial charge is 0.178 e. The first-order valence-electron chi connectivity index (χ1n) is 6.63. The Morgan fingerprint density at radius 1 is 1.40 bits per heavy atom. The van der Waals surface area contributed by atoms with Gasteiger partial charge >= 0.3 is 0 Å². The average molecular weight is 291 g/mol. The van der Waals surface area contributed by atoms with E-state index in [2.05, 4.69) is 9.55 Å². The van der Waals surface area contributed by atoms with E-state index in [1.165, 1.54) is 4.88 Å². The van der Waals surface area contributed by atoms with Gasteiger partial charge in [-0.25, -0.2) is 4.98 Å². The number of hydrogen-bond donors (Lipinski definition) is 0. The summed E-state index contributed by atoms with van der Waals surface area (Å²) in [6, 6.07) is 1.98. The molecule has 2 aromatic rings. The van der Waals surface area contributed by atoms with E-state index in [1.807, 2.05) is 51.3 Å². The zero-order valence-electron chi connectivity index (χ0n) is 12.7. The first-order chi connectivity index (χ1) is 9.40. The number of likely N-dealkylation sites (N-methyl/N-ethyl adjacent to an activating group) is 1. The summed E-state index contributed by atoms with van der Waals surface area (Å²) in [5, 5.41) is 0. The molecule has 0 atom stereocenters. The minimum absolute atomic E-state index is 0.177. The van der Waals surface area contributed by atoms with E-state index in [0.29, 0.717) is 6.54 Å². The molecule has 5 heteroatoms. The third-order valence-electron chi connectivity index (χ3n) is 3.75. The molecule has 0 aliphatic carbocycles. The number of carbonyl (C=O) groups excluding carboxylic acids is 1. The fourth-order valence-electron chi connectivity index (χ4n) is 2.25. The highest BCUT2D eigenvalue weighted by Crippen LogP contribution is 2.17. The summed E-state index contributed by atoms with van der Waals surface area (Å²) in [5.41, 5.74) is 5.89. The molecular formula is C15H21N3OS. The lowest BCUT2D eigenvalue weighted by Gasteiger charge is -2.15. The maximum absolute atomic E-state index is 12.4. The van der Waals surface area contributed by atoms with Crippen LogP contribution < -0.4 is 0 Å². The van der Waals surface area contributed by atoms with Gasteiger partial charge in [0.1, 0.15) is 0 Å². The predicted molar refractivity (Wildman–Crippen MR) is 82.4 cm³/mol. The number of thiazole rings is 1. The Labute approximate surface area is 124 Å².